The Morgan fingerprint density at radius 2 is 1.66 bits per heavy atom. The number of rotatable bonds is 11. The summed E-state index contributed by atoms with van der Waals surface area (Å²) in [6.07, 6.45) is 9.26. The summed E-state index contributed by atoms with van der Waals surface area (Å²) >= 11 is 36.5. The van der Waals surface area contributed by atoms with Crippen molar-refractivity contribution in [3.05, 3.63) is 46.7 Å². The maximum absolute atomic E-state index is 11.9. The molecule has 0 N–H and O–H groups in total. The standard InChI is InChI=1S/C19H21Cl6N3O3S/c1-3-7-13(32-12-15(29)31-11-6-10-30-4-2)8-5-9-14-26-16(18(20,21)22)28-17(27-14)19(23,24)25/h3,5,7-9H,4,6,10-12H2,1-2H3/b7-3-,9-5+,13-8+. The van der Waals surface area contributed by atoms with E-state index in [2.05, 4.69) is 15.0 Å². The molecule has 0 bridgehead atoms. The molecule has 178 valence electrons. The minimum absolute atomic E-state index is 0.123. The van der Waals surface area contributed by atoms with E-state index >= 15 is 0 Å². The Bertz CT molecular complexity index is 806. The Balaban J connectivity index is 2.86. The Morgan fingerprint density at radius 3 is 2.19 bits per heavy atom. The molecule has 0 aliphatic carbocycles. The molecule has 1 aromatic heterocycles. The van der Waals surface area contributed by atoms with Crippen molar-refractivity contribution in [3.63, 3.8) is 0 Å². The van der Waals surface area contributed by atoms with Crippen LogP contribution in [0.25, 0.3) is 6.08 Å². The predicted molar refractivity (Wildman–Crippen MR) is 135 cm³/mol. The molecule has 0 atom stereocenters. The first-order valence-corrected chi connectivity index (χ1v) is 12.5. The van der Waals surface area contributed by atoms with Gasteiger partial charge >= 0.3 is 5.97 Å². The molecular formula is C19H21Cl6N3O3S. The third-order valence-corrected chi connectivity index (χ3v) is 5.25. The summed E-state index contributed by atoms with van der Waals surface area (Å²) < 4.78 is 6.51. The number of hydrogen-bond acceptors (Lipinski definition) is 7. The molecule has 0 fully saturated rings. The molecule has 13 heteroatoms. The Hall–Kier alpha value is -0.250. The molecule has 1 aromatic rings. The fraction of sp³-hybridized carbons (Fsp3) is 0.474. The SMILES string of the molecule is C\C=C/C(=C\C=C\c1nc(C(Cl)(Cl)Cl)nc(C(Cl)(Cl)Cl)n1)SCC(=O)OCCCOCC. The highest BCUT2D eigenvalue weighted by atomic mass is 35.6. The maximum atomic E-state index is 11.9. The maximum Gasteiger partial charge on any atom is 0.316 e. The van der Waals surface area contributed by atoms with Gasteiger partial charge in [0.05, 0.1) is 12.4 Å². The number of hydrogen-bond donors (Lipinski definition) is 0. The molecule has 0 spiro atoms. The van der Waals surface area contributed by atoms with Crippen molar-refractivity contribution in [2.45, 2.75) is 27.9 Å². The van der Waals surface area contributed by atoms with Crippen LogP contribution in [-0.4, -0.2) is 46.5 Å². The second-order valence-electron chi connectivity index (χ2n) is 5.82. The van der Waals surface area contributed by atoms with E-state index in [4.69, 9.17) is 79.1 Å². The van der Waals surface area contributed by atoms with Crippen molar-refractivity contribution >= 4 is 93.4 Å². The van der Waals surface area contributed by atoms with Gasteiger partial charge in [-0.15, -0.1) is 11.8 Å². The molecule has 0 aromatic carbocycles. The Labute approximate surface area is 221 Å². The number of halogens is 6. The van der Waals surface area contributed by atoms with Crippen LogP contribution in [0.15, 0.2) is 29.2 Å². The number of thioether (sulfide) groups is 1. The van der Waals surface area contributed by atoms with E-state index in [1.54, 1.807) is 12.2 Å². The van der Waals surface area contributed by atoms with Crippen molar-refractivity contribution < 1.29 is 14.3 Å². The summed E-state index contributed by atoms with van der Waals surface area (Å²) in [5, 5.41) is 0. The second kappa shape index (κ2) is 14.9. The zero-order valence-corrected chi connectivity index (χ0v) is 22.5. The molecule has 0 radical (unpaired) electrons. The third-order valence-electron chi connectivity index (χ3n) is 3.25. The highest BCUT2D eigenvalue weighted by molar-refractivity contribution is 8.03. The van der Waals surface area contributed by atoms with E-state index in [-0.39, 0.29) is 29.2 Å². The highest BCUT2D eigenvalue weighted by Gasteiger charge is 2.33. The Morgan fingerprint density at radius 1 is 1.03 bits per heavy atom. The van der Waals surface area contributed by atoms with Gasteiger partial charge in [-0.3, -0.25) is 4.79 Å². The first-order valence-electron chi connectivity index (χ1n) is 9.25. The van der Waals surface area contributed by atoms with Crippen LogP contribution in [0.2, 0.25) is 0 Å². The number of ether oxygens (including phenoxy) is 2. The van der Waals surface area contributed by atoms with Gasteiger partial charge in [0, 0.05) is 24.5 Å². The van der Waals surface area contributed by atoms with E-state index in [0.29, 0.717) is 26.2 Å². The molecule has 6 nitrogen and oxygen atoms in total. The molecule has 0 saturated heterocycles. The molecule has 0 aliphatic rings. The highest BCUT2D eigenvalue weighted by Crippen LogP contribution is 2.39. The van der Waals surface area contributed by atoms with Gasteiger partial charge in [-0.05, 0) is 26.0 Å². The number of aromatic nitrogens is 3. The second-order valence-corrected chi connectivity index (χ2v) is 11.4. The monoisotopic (exact) mass is 581 g/mol. The molecular weight excluding hydrogens is 563 g/mol. The summed E-state index contributed by atoms with van der Waals surface area (Å²) in [4.78, 5) is 24.7. The van der Waals surface area contributed by atoms with Crippen molar-refractivity contribution in [2.24, 2.45) is 0 Å². The van der Waals surface area contributed by atoms with Gasteiger partial charge in [0.1, 0.15) is 0 Å². The number of carbonyl (C=O) groups is 1. The van der Waals surface area contributed by atoms with Crippen LogP contribution in [0.1, 0.15) is 37.7 Å². The molecule has 1 heterocycles. The smallest absolute Gasteiger partial charge is 0.316 e. The van der Waals surface area contributed by atoms with Crippen LogP contribution in [-0.2, 0) is 21.9 Å². The summed E-state index contributed by atoms with van der Waals surface area (Å²) in [6, 6.07) is 0. The number of alkyl halides is 6. The number of allylic oxidation sites excluding steroid dienone is 4. The van der Waals surface area contributed by atoms with Crippen LogP contribution >= 0.6 is 81.4 Å². The minimum Gasteiger partial charge on any atom is -0.465 e. The van der Waals surface area contributed by atoms with Crippen molar-refractivity contribution in [1.82, 2.24) is 15.0 Å². The summed E-state index contributed by atoms with van der Waals surface area (Å²) in [5.74, 6) is -0.408. The van der Waals surface area contributed by atoms with Crippen LogP contribution in [0.4, 0.5) is 0 Å². The van der Waals surface area contributed by atoms with E-state index in [1.165, 1.54) is 17.8 Å². The van der Waals surface area contributed by atoms with Gasteiger partial charge in [0.25, 0.3) is 0 Å². The average molecular weight is 584 g/mol. The first kappa shape index (κ1) is 29.8. The normalized spacial score (nSPS) is 13.3. The van der Waals surface area contributed by atoms with Crippen molar-refractivity contribution in [3.8, 4) is 0 Å². The number of esters is 1. The van der Waals surface area contributed by atoms with E-state index in [1.807, 2.05) is 26.0 Å². The van der Waals surface area contributed by atoms with Crippen molar-refractivity contribution in [2.75, 3.05) is 25.6 Å². The molecule has 1 rings (SSSR count). The largest absolute Gasteiger partial charge is 0.465 e. The summed E-state index contributed by atoms with van der Waals surface area (Å²) in [7, 11) is 0. The van der Waals surface area contributed by atoms with Gasteiger partial charge in [-0.2, -0.15) is 0 Å². The minimum atomic E-state index is -1.93. The molecule has 0 saturated carbocycles. The average Bonchev–Trinajstić information content (AvgIpc) is 2.70. The van der Waals surface area contributed by atoms with Gasteiger partial charge in [0.2, 0.25) is 7.59 Å². The van der Waals surface area contributed by atoms with Crippen molar-refractivity contribution in [1.29, 1.82) is 0 Å². The molecule has 0 amide bonds. The summed E-state index contributed by atoms with van der Waals surface area (Å²) in [5.41, 5.74) is 0. The van der Waals surface area contributed by atoms with Gasteiger partial charge in [-0.25, -0.2) is 15.0 Å². The fourth-order valence-corrected chi connectivity index (χ4v) is 3.22. The lowest BCUT2D eigenvalue weighted by molar-refractivity contribution is -0.140. The van der Waals surface area contributed by atoms with Gasteiger partial charge < -0.3 is 9.47 Å². The van der Waals surface area contributed by atoms with Crippen LogP contribution in [0.3, 0.4) is 0 Å². The predicted octanol–water partition coefficient (Wildman–Crippen LogP) is 6.70. The topological polar surface area (TPSA) is 74.2 Å². The van der Waals surface area contributed by atoms with Crippen LogP contribution in [0.5, 0.6) is 0 Å². The van der Waals surface area contributed by atoms with Gasteiger partial charge in [0.15, 0.2) is 17.5 Å². The fourth-order valence-electron chi connectivity index (χ4n) is 1.94. The lowest BCUT2D eigenvalue weighted by Crippen LogP contribution is -2.16. The lowest BCUT2D eigenvalue weighted by atomic mass is 10.4. The lowest BCUT2D eigenvalue weighted by Gasteiger charge is -2.14. The van der Waals surface area contributed by atoms with E-state index < -0.39 is 7.59 Å². The van der Waals surface area contributed by atoms with E-state index in [9.17, 15) is 4.79 Å². The zero-order valence-electron chi connectivity index (χ0n) is 17.2. The first-order chi connectivity index (χ1) is 15.0. The number of nitrogens with zero attached hydrogens (tertiary/aromatic N) is 3. The van der Waals surface area contributed by atoms with E-state index in [0.717, 1.165) is 4.91 Å². The van der Waals surface area contributed by atoms with Gasteiger partial charge in [-0.1, -0.05) is 87.8 Å². The quantitative estimate of drug-likeness (QED) is 0.124. The molecule has 0 unspecified atom stereocenters. The third kappa shape index (κ3) is 12.3. The zero-order chi connectivity index (χ0) is 24.2. The molecule has 32 heavy (non-hydrogen) atoms. The Kier molecular flexibility index (Phi) is 13.9. The number of carbonyl (C=O) groups excluding carboxylic acids is 1. The molecule has 0 aliphatic heterocycles. The van der Waals surface area contributed by atoms with Crippen LogP contribution in [0, 0.1) is 0 Å². The van der Waals surface area contributed by atoms with Crippen LogP contribution < -0.4 is 0 Å². The summed E-state index contributed by atoms with van der Waals surface area (Å²) in [6.45, 7) is 5.28.